The lowest BCUT2D eigenvalue weighted by atomic mass is 10.1. The highest BCUT2D eigenvalue weighted by Crippen LogP contribution is 2.19. The number of aliphatic hydroxyl groups excluding tert-OH is 2. The van der Waals surface area contributed by atoms with Crippen LogP contribution in [0, 0.1) is 0 Å². The third-order valence-electron chi connectivity index (χ3n) is 4.95. The van der Waals surface area contributed by atoms with Gasteiger partial charge in [0.25, 0.3) is 0 Å². The summed E-state index contributed by atoms with van der Waals surface area (Å²) in [6.45, 7) is 10.00. The molecule has 6 heteroatoms. The maximum Gasteiger partial charge on any atom is 0.123 e. The van der Waals surface area contributed by atoms with Gasteiger partial charge in [-0.3, -0.25) is 0 Å². The fourth-order valence-electron chi connectivity index (χ4n) is 2.92. The van der Waals surface area contributed by atoms with Crippen molar-refractivity contribution in [2.24, 2.45) is 0 Å². The quantitative estimate of drug-likeness (QED) is 0.344. The van der Waals surface area contributed by atoms with Crippen LogP contribution in [0.1, 0.15) is 53.4 Å². The zero-order valence-corrected chi connectivity index (χ0v) is 18.0. The van der Waals surface area contributed by atoms with E-state index in [9.17, 15) is 10.2 Å². The van der Waals surface area contributed by atoms with Crippen molar-refractivity contribution in [2.45, 2.75) is 77.7 Å². The highest BCUT2D eigenvalue weighted by Gasteiger charge is 2.11. The lowest BCUT2D eigenvalue weighted by Gasteiger charge is -2.19. The molecule has 0 aliphatic carbocycles. The van der Waals surface area contributed by atoms with E-state index < -0.39 is 12.2 Å². The van der Waals surface area contributed by atoms with Gasteiger partial charge in [0.2, 0.25) is 0 Å². The van der Waals surface area contributed by atoms with Crippen molar-refractivity contribution in [3.05, 3.63) is 24.3 Å². The molecule has 1 aromatic rings. The fourth-order valence-corrected chi connectivity index (χ4v) is 2.92. The van der Waals surface area contributed by atoms with Gasteiger partial charge in [0.05, 0.1) is 0 Å². The molecule has 0 heterocycles. The molecule has 0 aliphatic rings. The zero-order valence-electron chi connectivity index (χ0n) is 18.0. The Morgan fingerprint density at radius 2 is 1.14 bits per heavy atom. The van der Waals surface area contributed by atoms with E-state index in [-0.39, 0.29) is 13.2 Å². The molecule has 0 fully saturated rings. The number of nitrogens with one attached hydrogen (secondary N) is 2. The second kappa shape index (κ2) is 14.6. The van der Waals surface area contributed by atoms with Crippen molar-refractivity contribution in [3.63, 3.8) is 0 Å². The number of rotatable bonds is 16. The Balaban J connectivity index is 2.35. The van der Waals surface area contributed by atoms with Gasteiger partial charge in [-0.15, -0.1) is 0 Å². The summed E-state index contributed by atoms with van der Waals surface area (Å²) in [5, 5.41) is 26.8. The minimum Gasteiger partial charge on any atom is -0.491 e. The van der Waals surface area contributed by atoms with Gasteiger partial charge < -0.3 is 30.3 Å². The maximum atomic E-state index is 10.1. The molecule has 1 rings (SSSR count). The molecule has 2 unspecified atom stereocenters. The summed E-state index contributed by atoms with van der Waals surface area (Å²) in [4.78, 5) is 0. The lowest BCUT2D eigenvalue weighted by molar-refractivity contribution is 0.0994. The van der Waals surface area contributed by atoms with E-state index in [2.05, 4.69) is 38.3 Å². The van der Waals surface area contributed by atoms with Crippen LogP contribution in [0.3, 0.4) is 0 Å². The van der Waals surface area contributed by atoms with Crippen molar-refractivity contribution in [1.29, 1.82) is 0 Å². The van der Waals surface area contributed by atoms with E-state index in [4.69, 9.17) is 9.47 Å². The van der Waals surface area contributed by atoms with Crippen LogP contribution in [0.15, 0.2) is 24.3 Å². The standard InChI is InChI=1S/C22H40N2O4/c1-5-17(6-2)23-13-19(25)15-27-21-10-9-11-22(12-21)28-16-20(26)14-24-18(7-3)8-4/h9-12,17-20,23-26H,5-8,13-16H2,1-4H3. The monoisotopic (exact) mass is 396 g/mol. The molecule has 0 radical (unpaired) electrons. The first-order valence-electron chi connectivity index (χ1n) is 10.7. The zero-order chi connectivity index (χ0) is 20.8. The molecule has 6 nitrogen and oxygen atoms in total. The molecule has 162 valence electrons. The highest BCUT2D eigenvalue weighted by atomic mass is 16.5. The maximum absolute atomic E-state index is 10.1. The van der Waals surface area contributed by atoms with Gasteiger partial charge in [0.1, 0.15) is 36.9 Å². The van der Waals surface area contributed by atoms with E-state index in [0.717, 1.165) is 25.7 Å². The van der Waals surface area contributed by atoms with E-state index >= 15 is 0 Å². The van der Waals surface area contributed by atoms with Gasteiger partial charge in [0.15, 0.2) is 0 Å². The first-order valence-corrected chi connectivity index (χ1v) is 10.7. The second-order valence-corrected chi connectivity index (χ2v) is 7.25. The summed E-state index contributed by atoms with van der Waals surface area (Å²) < 4.78 is 11.4. The van der Waals surface area contributed by atoms with Crippen molar-refractivity contribution < 1.29 is 19.7 Å². The summed E-state index contributed by atoms with van der Waals surface area (Å²) in [7, 11) is 0. The van der Waals surface area contributed by atoms with Crippen LogP contribution in [0.2, 0.25) is 0 Å². The smallest absolute Gasteiger partial charge is 0.123 e. The molecule has 0 aliphatic heterocycles. The number of ether oxygens (including phenoxy) is 2. The van der Waals surface area contributed by atoms with Crippen molar-refractivity contribution in [1.82, 2.24) is 10.6 Å². The second-order valence-electron chi connectivity index (χ2n) is 7.25. The normalized spacial score (nSPS) is 13.7. The molecule has 0 bridgehead atoms. The summed E-state index contributed by atoms with van der Waals surface area (Å²) in [6, 6.07) is 8.14. The molecule has 4 N–H and O–H groups in total. The molecule has 0 aromatic heterocycles. The average Bonchev–Trinajstić information content (AvgIpc) is 2.72. The molecular weight excluding hydrogens is 356 g/mol. The minimum absolute atomic E-state index is 0.221. The molecule has 2 atom stereocenters. The Labute approximate surface area is 170 Å². The van der Waals surface area contributed by atoms with Crippen LogP contribution in [0.4, 0.5) is 0 Å². The summed E-state index contributed by atoms with van der Waals surface area (Å²) in [5.41, 5.74) is 0. The average molecular weight is 397 g/mol. The molecule has 0 amide bonds. The number of hydrogen-bond acceptors (Lipinski definition) is 6. The molecule has 0 saturated carbocycles. The van der Waals surface area contributed by atoms with Crippen LogP contribution < -0.4 is 20.1 Å². The first kappa shape index (κ1) is 24.7. The van der Waals surface area contributed by atoms with E-state index in [0.29, 0.717) is 36.7 Å². The Morgan fingerprint density at radius 1 is 0.750 bits per heavy atom. The van der Waals surface area contributed by atoms with Gasteiger partial charge in [-0.05, 0) is 37.8 Å². The van der Waals surface area contributed by atoms with Gasteiger partial charge in [0, 0.05) is 31.2 Å². The Kier molecular flexibility index (Phi) is 12.9. The summed E-state index contributed by atoms with van der Waals surface area (Å²) >= 11 is 0. The third kappa shape index (κ3) is 10.3. The first-order chi connectivity index (χ1) is 13.5. The van der Waals surface area contributed by atoms with Crippen molar-refractivity contribution in [3.8, 4) is 11.5 Å². The summed E-state index contributed by atoms with van der Waals surface area (Å²) in [5.74, 6) is 1.28. The van der Waals surface area contributed by atoms with E-state index in [1.165, 1.54) is 0 Å². The molecular formula is C22H40N2O4. The summed E-state index contributed by atoms with van der Waals surface area (Å²) in [6.07, 6.45) is 3.04. The SMILES string of the molecule is CCC(CC)NCC(O)COc1cccc(OCC(O)CNC(CC)CC)c1. The Morgan fingerprint density at radius 3 is 1.50 bits per heavy atom. The van der Waals surface area contributed by atoms with Crippen LogP contribution in [-0.4, -0.2) is 60.8 Å². The largest absolute Gasteiger partial charge is 0.491 e. The molecule has 28 heavy (non-hydrogen) atoms. The van der Waals surface area contributed by atoms with Crippen LogP contribution >= 0.6 is 0 Å². The number of benzene rings is 1. The number of hydrogen-bond donors (Lipinski definition) is 4. The highest BCUT2D eigenvalue weighted by molar-refractivity contribution is 5.33. The van der Waals surface area contributed by atoms with Crippen molar-refractivity contribution >= 4 is 0 Å². The van der Waals surface area contributed by atoms with Crippen LogP contribution in [0.5, 0.6) is 11.5 Å². The van der Waals surface area contributed by atoms with Gasteiger partial charge >= 0.3 is 0 Å². The number of aliphatic hydroxyl groups is 2. The van der Waals surface area contributed by atoms with Gasteiger partial charge in [-0.1, -0.05) is 33.8 Å². The van der Waals surface area contributed by atoms with Gasteiger partial charge in [-0.25, -0.2) is 0 Å². The third-order valence-corrected chi connectivity index (χ3v) is 4.95. The van der Waals surface area contributed by atoms with Crippen LogP contribution in [-0.2, 0) is 0 Å². The topological polar surface area (TPSA) is 83.0 Å². The molecule has 0 saturated heterocycles. The Bertz CT molecular complexity index is 466. The molecule has 1 aromatic carbocycles. The van der Waals surface area contributed by atoms with Crippen molar-refractivity contribution in [2.75, 3.05) is 26.3 Å². The fraction of sp³-hybridized carbons (Fsp3) is 0.727. The predicted molar refractivity (Wildman–Crippen MR) is 114 cm³/mol. The van der Waals surface area contributed by atoms with Gasteiger partial charge in [-0.2, -0.15) is 0 Å². The van der Waals surface area contributed by atoms with Crippen LogP contribution in [0.25, 0.3) is 0 Å². The van der Waals surface area contributed by atoms with E-state index in [1.54, 1.807) is 6.07 Å². The Hall–Kier alpha value is -1.34. The predicted octanol–water partition coefficient (Wildman–Crippen LogP) is 2.72. The van der Waals surface area contributed by atoms with E-state index in [1.807, 2.05) is 18.2 Å². The lowest BCUT2D eigenvalue weighted by Crippen LogP contribution is -2.37. The molecule has 0 spiro atoms. The minimum atomic E-state index is -0.567.